The minimum atomic E-state index is 0.192. The number of pyridine rings is 2. The van der Waals surface area contributed by atoms with Crippen LogP contribution in [0.4, 0.5) is 5.69 Å². The summed E-state index contributed by atoms with van der Waals surface area (Å²) >= 11 is 0. The molecule has 0 unspecified atom stereocenters. The second kappa shape index (κ2) is 7.01. The van der Waals surface area contributed by atoms with Gasteiger partial charge in [0.2, 0.25) is 11.8 Å². The Bertz CT molecular complexity index is 1200. The smallest absolute Gasteiger partial charge is 0.239 e. The van der Waals surface area contributed by atoms with Crippen molar-refractivity contribution in [3.8, 4) is 28.1 Å². The zero-order valence-electron chi connectivity index (χ0n) is 15.9. The molecule has 7 nitrogen and oxygen atoms in total. The molecule has 144 valence electrons. The number of carbonyl (C=O) groups is 1. The van der Waals surface area contributed by atoms with E-state index in [0.29, 0.717) is 12.3 Å². The number of anilines is 1. The number of methoxy groups -OCH3 is 1. The molecule has 4 aromatic rings. The van der Waals surface area contributed by atoms with Crippen molar-refractivity contribution in [3.63, 3.8) is 0 Å². The number of fused-ring (bicyclic) bond motifs is 1. The Hall–Kier alpha value is -3.74. The van der Waals surface area contributed by atoms with Gasteiger partial charge in [-0.3, -0.25) is 14.9 Å². The van der Waals surface area contributed by atoms with Gasteiger partial charge in [0.15, 0.2) is 0 Å². The average Bonchev–Trinajstić information content (AvgIpc) is 3.42. The molecule has 1 fully saturated rings. The van der Waals surface area contributed by atoms with Crippen molar-refractivity contribution in [1.82, 2.24) is 20.2 Å². The molecular weight excluding hydrogens is 366 g/mol. The summed E-state index contributed by atoms with van der Waals surface area (Å²) in [6, 6.07) is 10.1. The number of nitrogens with zero attached hydrogens (tertiary/aromatic N) is 4. The lowest BCUT2D eigenvalue weighted by Gasteiger charge is -2.16. The molecule has 0 spiro atoms. The van der Waals surface area contributed by atoms with Gasteiger partial charge in [0, 0.05) is 59.3 Å². The molecule has 1 aromatic carbocycles. The lowest BCUT2D eigenvalue weighted by Crippen LogP contribution is -2.23. The predicted molar refractivity (Wildman–Crippen MR) is 111 cm³/mol. The maximum atomic E-state index is 12.0. The number of benzene rings is 1. The highest BCUT2D eigenvalue weighted by atomic mass is 16.5. The van der Waals surface area contributed by atoms with Crippen LogP contribution in [0.5, 0.6) is 5.88 Å². The van der Waals surface area contributed by atoms with Crippen LogP contribution in [-0.4, -0.2) is 39.7 Å². The molecular formula is C22H19N5O2. The van der Waals surface area contributed by atoms with Crippen molar-refractivity contribution in [2.75, 3.05) is 18.6 Å². The molecule has 1 amide bonds. The van der Waals surface area contributed by atoms with Crippen molar-refractivity contribution in [2.45, 2.75) is 12.8 Å². The molecule has 0 aliphatic carbocycles. The second-order valence-corrected chi connectivity index (χ2v) is 7.00. The van der Waals surface area contributed by atoms with Crippen molar-refractivity contribution >= 4 is 22.5 Å². The largest absolute Gasteiger partial charge is 0.479 e. The van der Waals surface area contributed by atoms with Crippen LogP contribution >= 0.6 is 0 Å². The number of amides is 1. The van der Waals surface area contributed by atoms with Crippen molar-refractivity contribution < 1.29 is 9.53 Å². The maximum absolute atomic E-state index is 12.0. The van der Waals surface area contributed by atoms with Gasteiger partial charge < -0.3 is 9.64 Å². The van der Waals surface area contributed by atoms with Crippen molar-refractivity contribution in [2.24, 2.45) is 0 Å². The standard InChI is InChI=1S/C22H19N5O2/c1-29-22-21-19(13-25-26-21)18(12-24-22)16-9-15(10-23-11-16)14-4-6-17(7-5-14)27-8-2-3-20(27)28/h4-7,9-13H,2-3,8H2,1H3,(H,25,26). The Morgan fingerprint density at radius 2 is 1.86 bits per heavy atom. The minimum Gasteiger partial charge on any atom is -0.479 e. The molecule has 5 rings (SSSR count). The highest BCUT2D eigenvalue weighted by Crippen LogP contribution is 2.33. The van der Waals surface area contributed by atoms with Crippen LogP contribution in [0.25, 0.3) is 33.2 Å². The summed E-state index contributed by atoms with van der Waals surface area (Å²) in [7, 11) is 1.59. The Morgan fingerprint density at radius 3 is 2.62 bits per heavy atom. The lowest BCUT2D eigenvalue weighted by atomic mass is 10.0. The van der Waals surface area contributed by atoms with Gasteiger partial charge in [-0.15, -0.1) is 0 Å². The van der Waals surface area contributed by atoms with Gasteiger partial charge in [0.25, 0.3) is 0 Å². The summed E-state index contributed by atoms with van der Waals surface area (Å²) in [5.74, 6) is 0.704. The van der Waals surface area contributed by atoms with E-state index in [0.717, 1.165) is 51.8 Å². The predicted octanol–water partition coefficient (Wildman–Crippen LogP) is 3.82. The summed E-state index contributed by atoms with van der Waals surface area (Å²) < 4.78 is 5.30. The second-order valence-electron chi connectivity index (χ2n) is 7.00. The number of H-pyrrole nitrogens is 1. The number of aromatic amines is 1. The monoisotopic (exact) mass is 385 g/mol. The Morgan fingerprint density at radius 1 is 1.03 bits per heavy atom. The minimum absolute atomic E-state index is 0.192. The lowest BCUT2D eigenvalue weighted by molar-refractivity contribution is -0.117. The fraction of sp³-hybridized carbons (Fsp3) is 0.182. The first kappa shape index (κ1) is 17.4. The van der Waals surface area contributed by atoms with Crippen LogP contribution in [0, 0.1) is 0 Å². The molecule has 7 heteroatoms. The molecule has 4 heterocycles. The average molecular weight is 385 g/mol. The van der Waals surface area contributed by atoms with E-state index in [9.17, 15) is 4.79 Å². The third kappa shape index (κ3) is 3.00. The first-order valence-electron chi connectivity index (χ1n) is 9.47. The molecule has 29 heavy (non-hydrogen) atoms. The van der Waals surface area contributed by atoms with Gasteiger partial charge in [0.1, 0.15) is 5.52 Å². The highest BCUT2D eigenvalue weighted by molar-refractivity contribution is 5.97. The molecule has 1 saturated heterocycles. The van der Waals surface area contributed by atoms with Gasteiger partial charge >= 0.3 is 0 Å². The number of hydrogen-bond donors (Lipinski definition) is 1. The summed E-state index contributed by atoms with van der Waals surface area (Å²) in [6.45, 7) is 0.792. The summed E-state index contributed by atoms with van der Waals surface area (Å²) in [6.07, 6.45) is 8.75. The summed E-state index contributed by atoms with van der Waals surface area (Å²) in [4.78, 5) is 22.6. The Kier molecular flexibility index (Phi) is 4.20. The zero-order chi connectivity index (χ0) is 19.8. The fourth-order valence-electron chi connectivity index (χ4n) is 3.80. The molecule has 0 radical (unpaired) electrons. The number of rotatable bonds is 4. The maximum Gasteiger partial charge on any atom is 0.239 e. The topological polar surface area (TPSA) is 84.0 Å². The molecule has 3 aromatic heterocycles. The van der Waals surface area contributed by atoms with Crippen molar-refractivity contribution in [1.29, 1.82) is 0 Å². The van der Waals surface area contributed by atoms with E-state index >= 15 is 0 Å². The number of hydrogen-bond acceptors (Lipinski definition) is 5. The van der Waals surface area contributed by atoms with E-state index in [1.54, 1.807) is 19.5 Å². The Balaban J connectivity index is 1.51. The first-order chi connectivity index (χ1) is 14.2. The zero-order valence-corrected chi connectivity index (χ0v) is 15.9. The van der Waals surface area contributed by atoms with Crippen LogP contribution in [0.15, 0.2) is 55.1 Å². The molecule has 1 N–H and O–H groups in total. The number of nitrogens with one attached hydrogen (secondary N) is 1. The Labute approximate surface area is 167 Å². The quantitative estimate of drug-likeness (QED) is 0.577. The van der Waals surface area contributed by atoms with Crippen LogP contribution in [-0.2, 0) is 4.79 Å². The van der Waals surface area contributed by atoms with E-state index in [1.165, 1.54) is 0 Å². The highest BCUT2D eigenvalue weighted by Gasteiger charge is 2.21. The SMILES string of the molecule is COc1ncc(-c2cncc(-c3ccc(N4CCCC4=O)cc3)c2)c2cn[nH]c12. The van der Waals surface area contributed by atoms with Gasteiger partial charge in [0.05, 0.1) is 13.3 Å². The molecule has 0 atom stereocenters. The summed E-state index contributed by atoms with van der Waals surface area (Å²) in [5.41, 5.74) is 5.62. The van der Waals surface area contributed by atoms with Crippen LogP contribution in [0.2, 0.25) is 0 Å². The van der Waals surface area contributed by atoms with Gasteiger partial charge in [-0.05, 0) is 30.2 Å². The van der Waals surface area contributed by atoms with E-state index in [2.05, 4.69) is 26.2 Å². The van der Waals surface area contributed by atoms with E-state index in [4.69, 9.17) is 4.74 Å². The number of carbonyl (C=O) groups excluding carboxylic acids is 1. The van der Waals surface area contributed by atoms with E-state index < -0.39 is 0 Å². The normalized spacial score (nSPS) is 14.0. The molecule has 1 aliphatic heterocycles. The van der Waals surface area contributed by atoms with E-state index in [-0.39, 0.29) is 5.91 Å². The number of aromatic nitrogens is 4. The van der Waals surface area contributed by atoms with Gasteiger partial charge in [-0.2, -0.15) is 5.10 Å². The van der Waals surface area contributed by atoms with Crippen LogP contribution in [0.3, 0.4) is 0 Å². The van der Waals surface area contributed by atoms with Crippen molar-refractivity contribution in [3.05, 3.63) is 55.1 Å². The molecule has 0 saturated carbocycles. The summed E-state index contributed by atoms with van der Waals surface area (Å²) in [5, 5.41) is 8.00. The fourth-order valence-corrected chi connectivity index (χ4v) is 3.80. The van der Waals surface area contributed by atoms with Crippen LogP contribution < -0.4 is 9.64 Å². The first-order valence-corrected chi connectivity index (χ1v) is 9.47. The molecule has 0 bridgehead atoms. The third-order valence-electron chi connectivity index (χ3n) is 5.28. The third-order valence-corrected chi connectivity index (χ3v) is 5.28. The van der Waals surface area contributed by atoms with E-state index in [1.807, 2.05) is 41.6 Å². The van der Waals surface area contributed by atoms with Gasteiger partial charge in [-0.1, -0.05) is 12.1 Å². The van der Waals surface area contributed by atoms with Crippen LogP contribution in [0.1, 0.15) is 12.8 Å². The number of ether oxygens (including phenoxy) is 1. The molecule has 1 aliphatic rings. The van der Waals surface area contributed by atoms with Gasteiger partial charge in [-0.25, -0.2) is 4.98 Å².